The highest BCUT2D eigenvalue weighted by atomic mass is 16.2. The van der Waals surface area contributed by atoms with Crippen molar-refractivity contribution in [3.63, 3.8) is 0 Å². The zero-order valence-electron chi connectivity index (χ0n) is 14.2. The summed E-state index contributed by atoms with van der Waals surface area (Å²) in [6.07, 6.45) is 5.75. The molecule has 1 amide bonds. The molecule has 0 saturated heterocycles. The van der Waals surface area contributed by atoms with Gasteiger partial charge < -0.3 is 9.80 Å². The molecule has 1 saturated carbocycles. The highest BCUT2D eigenvalue weighted by molar-refractivity contribution is 5.99. The van der Waals surface area contributed by atoms with Gasteiger partial charge >= 0.3 is 0 Å². The summed E-state index contributed by atoms with van der Waals surface area (Å²) < 4.78 is 2.00. The van der Waals surface area contributed by atoms with Gasteiger partial charge in [0.2, 0.25) is 5.91 Å². The van der Waals surface area contributed by atoms with Gasteiger partial charge in [0.1, 0.15) is 5.69 Å². The molecule has 1 unspecified atom stereocenters. The fourth-order valence-corrected chi connectivity index (χ4v) is 3.53. The molecule has 1 aromatic heterocycles. The van der Waals surface area contributed by atoms with Crippen LogP contribution in [0.2, 0.25) is 0 Å². The molecule has 2 aliphatic rings. The van der Waals surface area contributed by atoms with Crippen molar-refractivity contribution in [1.82, 2.24) is 15.0 Å². The van der Waals surface area contributed by atoms with Gasteiger partial charge in [0.25, 0.3) is 0 Å². The van der Waals surface area contributed by atoms with Gasteiger partial charge in [-0.25, -0.2) is 4.68 Å². The molecule has 6 heteroatoms. The molecule has 0 bridgehead atoms. The van der Waals surface area contributed by atoms with Crippen molar-refractivity contribution in [2.45, 2.75) is 38.8 Å². The summed E-state index contributed by atoms with van der Waals surface area (Å²) in [6, 6.07) is 8.60. The van der Waals surface area contributed by atoms with E-state index in [1.165, 1.54) is 19.3 Å². The number of rotatable bonds is 3. The molecule has 0 radical (unpaired) electrons. The van der Waals surface area contributed by atoms with E-state index < -0.39 is 0 Å². The molecule has 6 nitrogen and oxygen atoms in total. The molecule has 1 fully saturated rings. The van der Waals surface area contributed by atoms with E-state index in [2.05, 4.69) is 27.5 Å². The normalized spacial score (nSPS) is 21.4. The maximum atomic E-state index is 12.5. The second-order valence-corrected chi connectivity index (χ2v) is 6.94. The standard InChI is InChI=1S/C18H23N5O/c1-13-10-22(11-14-12-23(20-19-14)15-6-5-7-15)17-9-4-3-8-16(17)21(2)18(13)24/h3-4,8-9,12-13,15H,5-7,10-11H2,1-2H3. The summed E-state index contributed by atoms with van der Waals surface area (Å²) in [5, 5.41) is 8.65. The van der Waals surface area contributed by atoms with Gasteiger partial charge in [-0.05, 0) is 31.4 Å². The molecule has 1 aromatic carbocycles. The first-order valence-electron chi connectivity index (χ1n) is 8.65. The van der Waals surface area contributed by atoms with Crippen LogP contribution >= 0.6 is 0 Å². The van der Waals surface area contributed by atoms with Crippen LogP contribution < -0.4 is 9.80 Å². The minimum Gasteiger partial charge on any atom is -0.363 e. The molecular weight excluding hydrogens is 302 g/mol. The summed E-state index contributed by atoms with van der Waals surface area (Å²) in [4.78, 5) is 16.5. The molecule has 0 N–H and O–H groups in total. The monoisotopic (exact) mass is 325 g/mol. The van der Waals surface area contributed by atoms with E-state index in [0.29, 0.717) is 19.1 Å². The molecule has 2 heterocycles. The van der Waals surface area contributed by atoms with Crippen molar-refractivity contribution >= 4 is 17.3 Å². The maximum Gasteiger partial charge on any atom is 0.231 e. The second kappa shape index (κ2) is 5.92. The van der Waals surface area contributed by atoms with Gasteiger partial charge in [0.05, 0.1) is 36.1 Å². The van der Waals surface area contributed by atoms with Crippen LogP contribution in [0, 0.1) is 5.92 Å². The molecule has 1 aliphatic carbocycles. The number of para-hydroxylation sites is 2. The Kier molecular flexibility index (Phi) is 3.75. The number of hydrogen-bond acceptors (Lipinski definition) is 4. The number of anilines is 2. The minimum atomic E-state index is -0.0518. The van der Waals surface area contributed by atoms with Crippen LogP contribution in [-0.4, -0.2) is 34.5 Å². The van der Waals surface area contributed by atoms with Crippen LogP contribution in [0.3, 0.4) is 0 Å². The highest BCUT2D eigenvalue weighted by Crippen LogP contribution is 2.34. The third-order valence-corrected chi connectivity index (χ3v) is 5.19. The first-order valence-corrected chi connectivity index (χ1v) is 8.65. The predicted molar refractivity (Wildman–Crippen MR) is 93.0 cm³/mol. The van der Waals surface area contributed by atoms with Crippen molar-refractivity contribution < 1.29 is 4.79 Å². The maximum absolute atomic E-state index is 12.5. The molecule has 1 atom stereocenters. The smallest absolute Gasteiger partial charge is 0.231 e. The summed E-state index contributed by atoms with van der Waals surface area (Å²) in [7, 11) is 1.86. The van der Waals surface area contributed by atoms with Gasteiger partial charge in [-0.2, -0.15) is 0 Å². The lowest BCUT2D eigenvalue weighted by Gasteiger charge is -2.25. The number of amides is 1. The Labute approximate surface area is 142 Å². The van der Waals surface area contributed by atoms with E-state index >= 15 is 0 Å². The van der Waals surface area contributed by atoms with Gasteiger partial charge in [-0.1, -0.05) is 24.3 Å². The lowest BCUT2D eigenvalue weighted by Crippen LogP contribution is -2.34. The van der Waals surface area contributed by atoms with Crippen LogP contribution in [0.5, 0.6) is 0 Å². The lowest BCUT2D eigenvalue weighted by atomic mass is 9.93. The van der Waals surface area contributed by atoms with Gasteiger partial charge in [-0.3, -0.25) is 4.79 Å². The number of carbonyl (C=O) groups excluding carboxylic acids is 1. The number of hydrogen-bond donors (Lipinski definition) is 0. The first-order chi connectivity index (χ1) is 11.6. The van der Waals surface area contributed by atoms with E-state index in [0.717, 1.165) is 17.1 Å². The van der Waals surface area contributed by atoms with E-state index in [-0.39, 0.29) is 11.8 Å². The largest absolute Gasteiger partial charge is 0.363 e. The van der Waals surface area contributed by atoms with E-state index in [1.807, 2.05) is 36.9 Å². The molecule has 126 valence electrons. The second-order valence-electron chi connectivity index (χ2n) is 6.94. The summed E-state index contributed by atoms with van der Waals surface area (Å²) in [6.45, 7) is 3.36. The fourth-order valence-electron chi connectivity index (χ4n) is 3.53. The molecule has 2 aromatic rings. The average Bonchev–Trinajstić information content (AvgIpc) is 2.95. The summed E-state index contributed by atoms with van der Waals surface area (Å²) in [5.41, 5.74) is 3.00. The third-order valence-electron chi connectivity index (χ3n) is 5.19. The van der Waals surface area contributed by atoms with Crippen LogP contribution in [0.25, 0.3) is 0 Å². The number of carbonyl (C=O) groups is 1. The van der Waals surface area contributed by atoms with E-state index in [4.69, 9.17) is 0 Å². The van der Waals surface area contributed by atoms with Gasteiger partial charge in [0, 0.05) is 13.6 Å². The van der Waals surface area contributed by atoms with Crippen molar-refractivity contribution in [2.24, 2.45) is 5.92 Å². The Morgan fingerprint density at radius 3 is 2.67 bits per heavy atom. The average molecular weight is 325 g/mol. The fraction of sp³-hybridized carbons (Fsp3) is 0.500. The topological polar surface area (TPSA) is 54.3 Å². The van der Waals surface area contributed by atoms with Crippen molar-refractivity contribution in [1.29, 1.82) is 0 Å². The molecule has 0 spiro atoms. The van der Waals surface area contributed by atoms with Crippen LogP contribution in [0.15, 0.2) is 30.5 Å². The number of nitrogens with zero attached hydrogens (tertiary/aromatic N) is 5. The third kappa shape index (κ3) is 2.56. The van der Waals surface area contributed by atoms with E-state index in [9.17, 15) is 4.79 Å². The minimum absolute atomic E-state index is 0.0518. The van der Waals surface area contributed by atoms with Crippen molar-refractivity contribution in [3.8, 4) is 0 Å². The number of benzene rings is 1. The summed E-state index contributed by atoms with van der Waals surface area (Å²) >= 11 is 0. The summed E-state index contributed by atoms with van der Waals surface area (Å²) in [5.74, 6) is 0.104. The number of aromatic nitrogens is 3. The Bertz CT molecular complexity index is 751. The van der Waals surface area contributed by atoms with Gasteiger partial charge in [-0.15, -0.1) is 5.10 Å². The predicted octanol–water partition coefficient (Wildman–Crippen LogP) is 2.62. The molecule has 24 heavy (non-hydrogen) atoms. The van der Waals surface area contributed by atoms with Crippen molar-refractivity contribution in [3.05, 3.63) is 36.2 Å². The molecule has 4 rings (SSSR count). The van der Waals surface area contributed by atoms with Crippen molar-refractivity contribution in [2.75, 3.05) is 23.4 Å². The Hall–Kier alpha value is -2.37. The molecule has 1 aliphatic heterocycles. The lowest BCUT2D eigenvalue weighted by molar-refractivity contribution is -0.121. The van der Waals surface area contributed by atoms with Crippen LogP contribution in [-0.2, 0) is 11.3 Å². The Morgan fingerprint density at radius 2 is 1.96 bits per heavy atom. The highest BCUT2D eigenvalue weighted by Gasteiger charge is 2.29. The zero-order chi connectivity index (χ0) is 16.7. The SMILES string of the molecule is CC1CN(Cc2cn(C3CCC3)nn2)c2ccccc2N(C)C1=O. The quantitative estimate of drug-likeness (QED) is 0.870. The number of fused-ring (bicyclic) bond motifs is 1. The Morgan fingerprint density at radius 1 is 1.21 bits per heavy atom. The first kappa shape index (κ1) is 15.2. The van der Waals surface area contributed by atoms with E-state index in [1.54, 1.807) is 4.90 Å². The van der Waals surface area contributed by atoms with Crippen LogP contribution in [0.4, 0.5) is 11.4 Å². The van der Waals surface area contributed by atoms with Crippen LogP contribution in [0.1, 0.15) is 37.9 Å². The van der Waals surface area contributed by atoms with Gasteiger partial charge in [0.15, 0.2) is 0 Å². The zero-order valence-corrected chi connectivity index (χ0v) is 14.2. The Balaban J connectivity index is 1.62. The molecular formula is C18H23N5O.